The SMILES string of the molecule is CCNCc1cnn(-c2ccc(Br)cc2)c1. The molecule has 1 aromatic heterocycles. The molecular weight excluding hydrogens is 266 g/mol. The van der Waals surface area contributed by atoms with Gasteiger partial charge in [0.2, 0.25) is 0 Å². The third kappa shape index (κ3) is 2.71. The van der Waals surface area contributed by atoms with Gasteiger partial charge in [0.05, 0.1) is 11.9 Å². The predicted octanol–water partition coefficient (Wildman–Crippen LogP) is 2.74. The quantitative estimate of drug-likeness (QED) is 0.933. The Bertz CT molecular complexity index is 448. The minimum absolute atomic E-state index is 0.868. The smallest absolute Gasteiger partial charge is 0.0646 e. The highest BCUT2D eigenvalue weighted by atomic mass is 79.9. The lowest BCUT2D eigenvalue weighted by molar-refractivity contribution is 0.726. The van der Waals surface area contributed by atoms with E-state index in [0.29, 0.717) is 0 Å². The fourth-order valence-electron chi connectivity index (χ4n) is 1.46. The number of halogens is 1. The van der Waals surface area contributed by atoms with Gasteiger partial charge in [0.1, 0.15) is 0 Å². The van der Waals surface area contributed by atoms with E-state index in [1.54, 1.807) is 0 Å². The zero-order valence-electron chi connectivity index (χ0n) is 9.15. The maximum absolute atomic E-state index is 4.33. The monoisotopic (exact) mass is 279 g/mol. The molecule has 0 atom stereocenters. The molecule has 2 aromatic rings. The Morgan fingerprint density at radius 2 is 2.06 bits per heavy atom. The molecule has 0 saturated carbocycles. The van der Waals surface area contributed by atoms with E-state index >= 15 is 0 Å². The number of benzene rings is 1. The van der Waals surface area contributed by atoms with Crippen LogP contribution in [0.15, 0.2) is 41.1 Å². The lowest BCUT2D eigenvalue weighted by Crippen LogP contribution is -2.10. The van der Waals surface area contributed by atoms with Crippen molar-refractivity contribution in [1.29, 1.82) is 0 Å². The van der Waals surface area contributed by atoms with Crippen LogP contribution in [0.2, 0.25) is 0 Å². The summed E-state index contributed by atoms with van der Waals surface area (Å²) in [6.07, 6.45) is 3.94. The fourth-order valence-corrected chi connectivity index (χ4v) is 1.72. The van der Waals surface area contributed by atoms with Gasteiger partial charge in [0.25, 0.3) is 0 Å². The number of rotatable bonds is 4. The lowest BCUT2D eigenvalue weighted by atomic mass is 10.3. The highest BCUT2D eigenvalue weighted by Gasteiger charge is 2.00. The van der Waals surface area contributed by atoms with E-state index in [1.165, 1.54) is 5.56 Å². The second kappa shape index (κ2) is 5.27. The van der Waals surface area contributed by atoms with Gasteiger partial charge in [-0.15, -0.1) is 0 Å². The van der Waals surface area contributed by atoms with Gasteiger partial charge in [-0.3, -0.25) is 0 Å². The van der Waals surface area contributed by atoms with Crippen molar-refractivity contribution >= 4 is 15.9 Å². The van der Waals surface area contributed by atoms with Crippen LogP contribution in [0.4, 0.5) is 0 Å². The van der Waals surface area contributed by atoms with Crippen LogP contribution in [0, 0.1) is 0 Å². The van der Waals surface area contributed by atoms with Crippen molar-refractivity contribution in [1.82, 2.24) is 15.1 Å². The summed E-state index contributed by atoms with van der Waals surface area (Å²) in [5.41, 5.74) is 2.27. The molecule has 0 aliphatic heterocycles. The summed E-state index contributed by atoms with van der Waals surface area (Å²) in [5, 5.41) is 7.61. The summed E-state index contributed by atoms with van der Waals surface area (Å²) < 4.78 is 2.97. The third-order valence-corrected chi connectivity index (χ3v) is 2.84. The first-order valence-corrected chi connectivity index (χ1v) is 6.09. The molecule has 0 spiro atoms. The van der Waals surface area contributed by atoms with Gasteiger partial charge in [-0.2, -0.15) is 5.10 Å². The van der Waals surface area contributed by atoms with Gasteiger partial charge in [-0.25, -0.2) is 4.68 Å². The number of hydrogen-bond acceptors (Lipinski definition) is 2. The number of nitrogens with one attached hydrogen (secondary N) is 1. The normalized spacial score (nSPS) is 10.6. The molecule has 1 N–H and O–H groups in total. The van der Waals surface area contributed by atoms with Gasteiger partial charge < -0.3 is 5.32 Å². The first-order chi connectivity index (χ1) is 7.79. The van der Waals surface area contributed by atoms with Gasteiger partial charge >= 0.3 is 0 Å². The Morgan fingerprint density at radius 1 is 1.31 bits per heavy atom. The lowest BCUT2D eigenvalue weighted by Gasteiger charge is -2.00. The van der Waals surface area contributed by atoms with Crippen molar-refractivity contribution in [2.24, 2.45) is 0 Å². The molecule has 84 valence electrons. The van der Waals surface area contributed by atoms with Crippen LogP contribution in [0.1, 0.15) is 12.5 Å². The highest BCUT2D eigenvalue weighted by Crippen LogP contribution is 2.13. The largest absolute Gasteiger partial charge is 0.313 e. The Hall–Kier alpha value is -1.13. The minimum atomic E-state index is 0.868. The van der Waals surface area contributed by atoms with Gasteiger partial charge in [0, 0.05) is 22.8 Å². The summed E-state index contributed by atoms with van der Waals surface area (Å²) in [7, 11) is 0. The van der Waals surface area contributed by atoms with Crippen LogP contribution in [0.5, 0.6) is 0 Å². The van der Waals surface area contributed by atoms with Crippen LogP contribution in [-0.4, -0.2) is 16.3 Å². The van der Waals surface area contributed by atoms with E-state index in [-0.39, 0.29) is 0 Å². The second-order valence-electron chi connectivity index (χ2n) is 3.55. The third-order valence-electron chi connectivity index (χ3n) is 2.31. The number of aromatic nitrogens is 2. The molecule has 4 heteroatoms. The summed E-state index contributed by atoms with van der Waals surface area (Å²) in [6.45, 7) is 3.94. The van der Waals surface area contributed by atoms with Gasteiger partial charge in [-0.05, 0) is 30.8 Å². The van der Waals surface area contributed by atoms with Gasteiger partial charge in [-0.1, -0.05) is 22.9 Å². The molecule has 0 unspecified atom stereocenters. The average molecular weight is 280 g/mol. The maximum atomic E-state index is 4.33. The first kappa shape index (κ1) is 11.4. The Kier molecular flexibility index (Phi) is 3.74. The highest BCUT2D eigenvalue weighted by molar-refractivity contribution is 9.10. The summed E-state index contributed by atoms with van der Waals surface area (Å²) >= 11 is 3.42. The van der Waals surface area contributed by atoms with Crippen molar-refractivity contribution in [3.05, 3.63) is 46.7 Å². The molecule has 0 fully saturated rings. The van der Waals surface area contributed by atoms with E-state index in [9.17, 15) is 0 Å². The Morgan fingerprint density at radius 3 is 2.75 bits per heavy atom. The zero-order valence-corrected chi connectivity index (χ0v) is 10.7. The molecule has 0 radical (unpaired) electrons. The van der Waals surface area contributed by atoms with Gasteiger partial charge in [0.15, 0.2) is 0 Å². The van der Waals surface area contributed by atoms with Crippen LogP contribution in [-0.2, 0) is 6.54 Å². The van der Waals surface area contributed by atoms with E-state index in [0.717, 1.165) is 23.2 Å². The standard InChI is InChI=1S/C12H14BrN3/c1-2-14-7-10-8-15-16(9-10)12-5-3-11(13)4-6-12/h3-6,8-9,14H,2,7H2,1H3. The van der Waals surface area contributed by atoms with Crippen molar-refractivity contribution in [2.45, 2.75) is 13.5 Å². The van der Waals surface area contributed by atoms with Crippen molar-refractivity contribution in [3.8, 4) is 5.69 Å². The predicted molar refractivity (Wildman–Crippen MR) is 68.6 cm³/mol. The van der Waals surface area contributed by atoms with Crippen molar-refractivity contribution in [3.63, 3.8) is 0 Å². The van der Waals surface area contributed by atoms with E-state index in [1.807, 2.05) is 41.3 Å². The Labute approximate surface area is 104 Å². The minimum Gasteiger partial charge on any atom is -0.313 e. The van der Waals surface area contributed by atoms with Crippen molar-refractivity contribution < 1.29 is 0 Å². The molecule has 0 aliphatic rings. The van der Waals surface area contributed by atoms with E-state index in [2.05, 4.69) is 33.3 Å². The molecule has 3 nitrogen and oxygen atoms in total. The topological polar surface area (TPSA) is 29.9 Å². The number of hydrogen-bond donors (Lipinski definition) is 1. The molecule has 0 aliphatic carbocycles. The van der Waals surface area contributed by atoms with Crippen LogP contribution < -0.4 is 5.32 Å². The van der Waals surface area contributed by atoms with E-state index < -0.39 is 0 Å². The van der Waals surface area contributed by atoms with Crippen LogP contribution >= 0.6 is 15.9 Å². The van der Waals surface area contributed by atoms with Crippen LogP contribution in [0.25, 0.3) is 5.69 Å². The average Bonchev–Trinajstić information content (AvgIpc) is 2.76. The summed E-state index contributed by atoms with van der Waals surface area (Å²) in [5.74, 6) is 0. The van der Waals surface area contributed by atoms with Crippen LogP contribution in [0.3, 0.4) is 0 Å². The zero-order chi connectivity index (χ0) is 11.4. The maximum Gasteiger partial charge on any atom is 0.0646 e. The molecule has 0 saturated heterocycles. The number of nitrogens with zero attached hydrogens (tertiary/aromatic N) is 2. The Balaban J connectivity index is 2.15. The first-order valence-electron chi connectivity index (χ1n) is 5.30. The summed E-state index contributed by atoms with van der Waals surface area (Å²) in [4.78, 5) is 0. The second-order valence-corrected chi connectivity index (χ2v) is 4.47. The molecule has 2 rings (SSSR count). The summed E-state index contributed by atoms with van der Waals surface area (Å²) in [6, 6.07) is 8.10. The fraction of sp³-hybridized carbons (Fsp3) is 0.250. The van der Waals surface area contributed by atoms with E-state index in [4.69, 9.17) is 0 Å². The molecule has 0 amide bonds. The molecule has 0 bridgehead atoms. The molecule has 1 aromatic carbocycles. The van der Waals surface area contributed by atoms with Crippen molar-refractivity contribution in [2.75, 3.05) is 6.54 Å². The molecule has 1 heterocycles. The molecule has 16 heavy (non-hydrogen) atoms. The molecular formula is C12H14BrN3.